The van der Waals surface area contributed by atoms with E-state index in [2.05, 4.69) is 119 Å². The van der Waals surface area contributed by atoms with Crippen LogP contribution in [0.5, 0.6) is 0 Å². The molecule has 0 radical (unpaired) electrons. The average molecular weight is 421 g/mol. The Balaban J connectivity index is 1.58. The summed E-state index contributed by atoms with van der Waals surface area (Å²) in [5, 5.41) is 0. The van der Waals surface area contributed by atoms with Crippen LogP contribution >= 0.6 is 0 Å². The quantitative estimate of drug-likeness (QED) is 0.360. The van der Waals surface area contributed by atoms with Gasteiger partial charge in [0.1, 0.15) is 0 Å². The molecule has 0 unspecified atom stereocenters. The summed E-state index contributed by atoms with van der Waals surface area (Å²) in [5.41, 5.74) is 10.9. The van der Waals surface area contributed by atoms with Crippen LogP contribution in [0.3, 0.4) is 0 Å². The first-order valence-corrected chi connectivity index (χ1v) is 11.3. The van der Waals surface area contributed by atoms with Crippen LogP contribution < -0.4 is 26.2 Å². The lowest BCUT2D eigenvalue weighted by atomic mass is 9.33. The minimum atomic E-state index is 0.158. The maximum Gasteiger partial charge on any atom is 0.252 e. The molecule has 33 heavy (non-hydrogen) atoms. The Labute approximate surface area is 193 Å². The fraction of sp³-hybridized carbons (Fsp3) is 0. The van der Waals surface area contributed by atoms with Crippen molar-refractivity contribution in [2.45, 2.75) is 0 Å². The van der Waals surface area contributed by atoms with E-state index in [4.69, 9.17) is 4.98 Å². The first-order chi connectivity index (χ1) is 16.4. The van der Waals surface area contributed by atoms with Crippen molar-refractivity contribution in [1.82, 2.24) is 4.98 Å². The van der Waals surface area contributed by atoms with Crippen LogP contribution in [0.25, 0.3) is 0 Å². The summed E-state index contributed by atoms with van der Waals surface area (Å²) in [5.74, 6) is 0. The highest BCUT2D eigenvalue weighted by atomic mass is 15.2. The SMILES string of the molecule is c1ccc(N2c3ccccc3B3c4ccccc4N(c4ccccc4)c4cncc2c43)cc1. The topological polar surface area (TPSA) is 19.4 Å². The monoisotopic (exact) mass is 421 g/mol. The Kier molecular flexibility index (Phi) is 3.94. The van der Waals surface area contributed by atoms with Gasteiger partial charge >= 0.3 is 0 Å². The highest BCUT2D eigenvalue weighted by Crippen LogP contribution is 2.42. The smallest absolute Gasteiger partial charge is 0.252 e. The molecule has 0 atom stereocenters. The van der Waals surface area contributed by atoms with Gasteiger partial charge < -0.3 is 9.80 Å². The molecule has 2 aliphatic rings. The number of hydrogen-bond acceptors (Lipinski definition) is 3. The lowest BCUT2D eigenvalue weighted by Crippen LogP contribution is -2.61. The number of aromatic nitrogens is 1. The van der Waals surface area contributed by atoms with Crippen molar-refractivity contribution in [2.24, 2.45) is 0 Å². The van der Waals surface area contributed by atoms with Gasteiger partial charge in [0, 0.05) is 22.7 Å². The number of fused-ring (bicyclic) bond motifs is 4. The first kappa shape index (κ1) is 18.3. The molecule has 154 valence electrons. The van der Waals surface area contributed by atoms with Crippen molar-refractivity contribution in [1.29, 1.82) is 0 Å². The fourth-order valence-electron chi connectivity index (χ4n) is 5.42. The van der Waals surface area contributed by atoms with Crippen molar-refractivity contribution < 1.29 is 0 Å². The summed E-state index contributed by atoms with van der Waals surface area (Å²) in [6.07, 6.45) is 4.04. The number of pyridine rings is 1. The molecule has 0 bridgehead atoms. The van der Waals surface area contributed by atoms with Crippen LogP contribution in [-0.4, -0.2) is 11.7 Å². The third kappa shape index (κ3) is 2.61. The summed E-state index contributed by atoms with van der Waals surface area (Å²) in [4.78, 5) is 9.46. The molecule has 0 amide bonds. The third-order valence-electron chi connectivity index (χ3n) is 6.72. The third-order valence-corrected chi connectivity index (χ3v) is 6.72. The maximum absolute atomic E-state index is 4.75. The summed E-state index contributed by atoms with van der Waals surface area (Å²) < 4.78 is 0. The summed E-state index contributed by atoms with van der Waals surface area (Å²) in [6.45, 7) is 0.158. The van der Waals surface area contributed by atoms with Gasteiger partial charge in [0.15, 0.2) is 0 Å². The van der Waals surface area contributed by atoms with E-state index in [1.165, 1.54) is 27.8 Å². The number of rotatable bonds is 2. The molecule has 0 aliphatic carbocycles. The predicted octanol–water partition coefficient (Wildman–Crippen LogP) is 5.16. The summed E-state index contributed by atoms with van der Waals surface area (Å²) >= 11 is 0. The molecule has 3 nitrogen and oxygen atoms in total. The zero-order valence-electron chi connectivity index (χ0n) is 18.0. The van der Waals surface area contributed by atoms with Gasteiger partial charge in [-0.1, -0.05) is 72.8 Å². The Bertz CT molecular complexity index is 1370. The number of benzene rings is 4. The highest BCUT2D eigenvalue weighted by Gasteiger charge is 2.42. The Morgan fingerprint density at radius 2 is 0.879 bits per heavy atom. The van der Waals surface area contributed by atoms with E-state index in [-0.39, 0.29) is 6.71 Å². The molecule has 2 aliphatic heterocycles. The standard InChI is InChI=1S/C29H20BN3/c1-3-11-21(12-4-1)32-25-17-9-7-15-23(25)30-24-16-8-10-18-26(24)33(22-13-5-2-6-14-22)28-20-31-19-27(32)29(28)30/h1-20H. The minimum Gasteiger partial charge on any atom is -0.310 e. The largest absolute Gasteiger partial charge is 0.310 e. The van der Waals surface area contributed by atoms with E-state index >= 15 is 0 Å². The van der Waals surface area contributed by atoms with Gasteiger partial charge in [0.25, 0.3) is 6.71 Å². The molecule has 0 fully saturated rings. The van der Waals surface area contributed by atoms with E-state index in [1.807, 2.05) is 12.4 Å². The number of hydrogen-bond donors (Lipinski definition) is 0. The van der Waals surface area contributed by atoms with Crippen LogP contribution in [0.15, 0.2) is 122 Å². The van der Waals surface area contributed by atoms with Crippen molar-refractivity contribution in [2.75, 3.05) is 9.80 Å². The molecule has 0 saturated heterocycles. The van der Waals surface area contributed by atoms with E-state index < -0.39 is 0 Å². The number of nitrogens with zero attached hydrogens (tertiary/aromatic N) is 3. The van der Waals surface area contributed by atoms with Gasteiger partial charge in [0.05, 0.1) is 23.8 Å². The lowest BCUT2D eigenvalue weighted by Gasteiger charge is -2.43. The van der Waals surface area contributed by atoms with Crippen molar-refractivity contribution in [3.05, 3.63) is 122 Å². The molecule has 4 heteroatoms. The van der Waals surface area contributed by atoms with Crippen LogP contribution in [0, 0.1) is 0 Å². The normalized spacial score (nSPS) is 13.3. The van der Waals surface area contributed by atoms with Crippen LogP contribution in [-0.2, 0) is 0 Å². The molecule has 0 N–H and O–H groups in total. The second-order valence-electron chi connectivity index (χ2n) is 8.48. The molecule has 1 aromatic heterocycles. The van der Waals surface area contributed by atoms with E-state index in [9.17, 15) is 0 Å². The molecular formula is C29H20BN3. The molecule has 5 aromatic rings. The lowest BCUT2D eigenvalue weighted by molar-refractivity contribution is 1.20. The number of para-hydroxylation sites is 4. The molecule has 0 spiro atoms. The minimum absolute atomic E-state index is 0.158. The van der Waals surface area contributed by atoms with E-state index in [1.54, 1.807) is 0 Å². The van der Waals surface area contributed by atoms with Crippen LogP contribution in [0.1, 0.15) is 0 Å². The number of anilines is 6. The molecule has 7 rings (SSSR count). The van der Waals surface area contributed by atoms with Gasteiger partial charge in [-0.2, -0.15) is 0 Å². The molecule has 4 aromatic carbocycles. The van der Waals surface area contributed by atoms with Crippen LogP contribution in [0.2, 0.25) is 0 Å². The Hall–Kier alpha value is -4.31. The van der Waals surface area contributed by atoms with E-state index in [0.29, 0.717) is 0 Å². The summed E-state index contributed by atoms with van der Waals surface area (Å²) in [6, 6.07) is 38.7. The van der Waals surface area contributed by atoms with Crippen molar-refractivity contribution >= 4 is 57.2 Å². The van der Waals surface area contributed by atoms with Crippen molar-refractivity contribution in [3.8, 4) is 0 Å². The van der Waals surface area contributed by atoms with Gasteiger partial charge in [-0.3, -0.25) is 4.98 Å². The predicted molar refractivity (Wildman–Crippen MR) is 138 cm³/mol. The van der Waals surface area contributed by atoms with Gasteiger partial charge in [-0.05, 0) is 52.8 Å². The zero-order valence-corrected chi connectivity index (χ0v) is 18.0. The highest BCUT2D eigenvalue weighted by molar-refractivity contribution is 7.00. The van der Waals surface area contributed by atoms with Crippen molar-refractivity contribution in [3.63, 3.8) is 0 Å². The maximum atomic E-state index is 4.75. The molecule has 0 saturated carbocycles. The average Bonchev–Trinajstić information content (AvgIpc) is 2.89. The Morgan fingerprint density at radius 3 is 1.36 bits per heavy atom. The van der Waals surface area contributed by atoms with Gasteiger partial charge in [0.2, 0.25) is 0 Å². The summed E-state index contributed by atoms with van der Waals surface area (Å²) in [7, 11) is 0. The zero-order chi connectivity index (χ0) is 21.8. The van der Waals surface area contributed by atoms with E-state index in [0.717, 1.165) is 22.7 Å². The second kappa shape index (κ2) is 7.11. The first-order valence-electron chi connectivity index (χ1n) is 11.3. The van der Waals surface area contributed by atoms with Crippen LogP contribution in [0.4, 0.5) is 34.1 Å². The van der Waals surface area contributed by atoms with Gasteiger partial charge in [-0.15, -0.1) is 0 Å². The van der Waals surface area contributed by atoms with Gasteiger partial charge in [-0.25, -0.2) is 0 Å². The molecule has 3 heterocycles. The fourth-order valence-corrected chi connectivity index (χ4v) is 5.42. The molecular weight excluding hydrogens is 401 g/mol. The Morgan fingerprint density at radius 1 is 0.455 bits per heavy atom. The second-order valence-corrected chi connectivity index (χ2v) is 8.48.